The van der Waals surface area contributed by atoms with E-state index in [4.69, 9.17) is 0 Å². The van der Waals surface area contributed by atoms with Gasteiger partial charge in [0.05, 0.1) is 0 Å². The first kappa shape index (κ1) is 9.66. The van der Waals surface area contributed by atoms with Crippen LogP contribution in [0.4, 0.5) is 0 Å². The summed E-state index contributed by atoms with van der Waals surface area (Å²) in [7, 11) is 0. The molecule has 0 aliphatic heterocycles. The maximum Gasteiger partial charge on any atom is 0.0481 e. The van der Waals surface area contributed by atoms with Crippen LogP contribution < -0.4 is 5.32 Å². The molecule has 0 spiro atoms. The van der Waals surface area contributed by atoms with Crippen molar-refractivity contribution in [1.29, 1.82) is 0 Å². The summed E-state index contributed by atoms with van der Waals surface area (Å²) in [5.74, 6) is 0.617. The van der Waals surface area contributed by atoms with Crippen LogP contribution in [0.5, 0.6) is 0 Å². The lowest BCUT2D eigenvalue weighted by atomic mass is 9.98. The third kappa shape index (κ3) is 1.67. The lowest BCUT2D eigenvalue weighted by Gasteiger charge is -2.19. The van der Waals surface area contributed by atoms with Crippen molar-refractivity contribution in [1.82, 2.24) is 10.3 Å². The lowest BCUT2D eigenvalue weighted by molar-refractivity contribution is 0.462. The van der Waals surface area contributed by atoms with E-state index < -0.39 is 0 Å². The highest BCUT2D eigenvalue weighted by atomic mass is 14.9. The molecule has 1 aliphatic rings. The van der Waals surface area contributed by atoms with E-state index in [1.165, 1.54) is 24.1 Å². The van der Waals surface area contributed by atoms with E-state index in [-0.39, 0.29) is 0 Å². The molecule has 0 aromatic carbocycles. The Hall–Kier alpha value is -0.890. The summed E-state index contributed by atoms with van der Waals surface area (Å²) in [6.45, 7) is 5.46. The molecule has 76 valence electrons. The highest BCUT2D eigenvalue weighted by molar-refractivity contribution is 5.29. The molecule has 2 unspecified atom stereocenters. The van der Waals surface area contributed by atoms with E-state index in [1.807, 2.05) is 12.3 Å². The number of likely N-dealkylation sites (N-methyl/N-ethyl adjacent to an activating group) is 1. The van der Waals surface area contributed by atoms with Gasteiger partial charge in [0, 0.05) is 23.9 Å². The molecule has 14 heavy (non-hydrogen) atoms. The van der Waals surface area contributed by atoms with Gasteiger partial charge in [0.2, 0.25) is 0 Å². The Morgan fingerprint density at radius 1 is 1.64 bits per heavy atom. The molecular formula is C12H18N2. The second-order valence-corrected chi connectivity index (χ2v) is 4.04. The van der Waals surface area contributed by atoms with Crippen molar-refractivity contribution in [2.75, 3.05) is 6.54 Å². The number of hydrogen-bond donors (Lipinski definition) is 1. The van der Waals surface area contributed by atoms with Crippen LogP contribution in [0.25, 0.3) is 0 Å². The Labute approximate surface area is 85.7 Å². The number of pyridine rings is 1. The molecule has 0 radical (unpaired) electrons. The monoisotopic (exact) mass is 190 g/mol. The molecule has 2 heteroatoms. The molecule has 0 saturated carbocycles. The first-order valence-electron chi connectivity index (χ1n) is 5.50. The standard InChI is InChI=1S/C12H18N2/c1-3-13-9(2)11-7-6-10-5-4-8-14-12(10)11/h4-5,8-9,11,13H,3,6-7H2,1-2H3. The molecule has 2 nitrogen and oxygen atoms in total. The lowest BCUT2D eigenvalue weighted by Crippen LogP contribution is -2.31. The molecule has 1 aliphatic carbocycles. The Morgan fingerprint density at radius 2 is 2.50 bits per heavy atom. The molecule has 2 atom stereocenters. The average molecular weight is 190 g/mol. The molecule has 1 aromatic rings. The number of aryl methyl sites for hydroxylation is 1. The van der Waals surface area contributed by atoms with Crippen LogP contribution in [0, 0.1) is 0 Å². The van der Waals surface area contributed by atoms with Gasteiger partial charge >= 0.3 is 0 Å². The third-order valence-corrected chi connectivity index (χ3v) is 3.13. The summed E-state index contributed by atoms with van der Waals surface area (Å²) in [5, 5.41) is 3.49. The van der Waals surface area contributed by atoms with Gasteiger partial charge in [0.15, 0.2) is 0 Å². The maximum atomic E-state index is 4.50. The zero-order valence-corrected chi connectivity index (χ0v) is 8.96. The zero-order valence-electron chi connectivity index (χ0n) is 8.96. The highest BCUT2D eigenvalue weighted by Crippen LogP contribution is 2.33. The Kier molecular flexibility index (Phi) is 2.82. The number of nitrogens with zero attached hydrogens (tertiary/aromatic N) is 1. The number of fused-ring (bicyclic) bond motifs is 1. The fourth-order valence-electron chi connectivity index (χ4n) is 2.39. The van der Waals surface area contributed by atoms with E-state index in [0.29, 0.717) is 12.0 Å². The molecule has 1 N–H and O–H groups in total. The Bertz CT molecular complexity index is 309. The van der Waals surface area contributed by atoms with Crippen LogP contribution in [0.15, 0.2) is 18.3 Å². The SMILES string of the molecule is CCNC(C)C1CCc2cccnc21. The van der Waals surface area contributed by atoms with Crippen molar-refractivity contribution >= 4 is 0 Å². The van der Waals surface area contributed by atoms with Crippen LogP contribution in [-0.4, -0.2) is 17.6 Å². The molecule has 0 bridgehead atoms. The number of rotatable bonds is 3. The number of hydrogen-bond acceptors (Lipinski definition) is 2. The summed E-state index contributed by atoms with van der Waals surface area (Å²) >= 11 is 0. The minimum atomic E-state index is 0.552. The van der Waals surface area contributed by atoms with Crippen molar-refractivity contribution in [2.45, 2.75) is 38.6 Å². The fraction of sp³-hybridized carbons (Fsp3) is 0.583. The predicted molar refractivity (Wildman–Crippen MR) is 58.4 cm³/mol. The molecule has 0 amide bonds. The topological polar surface area (TPSA) is 24.9 Å². The summed E-state index contributed by atoms with van der Waals surface area (Å²) in [6, 6.07) is 4.80. The predicted octanol–water partition coefficient (Wildman–Crippen LogP) is 2.11. The highest BCUT2D eigenvalue weighted by Gasteiger charge is 2.27. The molecule has 1 aromatic heterocycles. The minimum absolute atomic E-state index is 0.552. The van der Waals surface area contributed by atoms with Gasteiger partial charge in [0.25, 0.3) is 0 Å². The van der Waals surface area contributed by atoms with Gasteiger partial charge in [0.1, 0.15) is 0 Å². The van der Waals surface area contributed by atoms with Crippen molar-refractivity contribution in [3.05, 3.63) is 29.6 Å². The Balaban J connectivity index is 2.17. The molecule has 1 heterocycles. The summed E-state index contributed by atoms with van der Waals surface area (Å²) < 4.78 is 0. The molecule has 0 saturated heterocycles. The number of nitrogens with one attached hydrogen (secondary N) is 1. The normalized spacial score (nSPS) is 22.0. The van der Waals surface area contributed by atoms with Gasteiger partial charge in [-0.3, -0.25) is 4.98 Å². The summed E-state index contributed by atoms with van der Waals surface area (Å²) in [6.07, 6.45) is 4.36. The minimum Gasteiger partial charge on any atom is -0.314 e. The summed E-state index contributed by atoms with van der Waals surface area (Å²) in [5.41, 5.74) is 2.77. The van der Waals surface area contributed by atoms with E-state index in [2.05, 4.69) is 30.2 Å². The largest absolute Gasteiger partial charge is 0.314 e. The van der Waals surface area contributed by atoms with E-state index in [9.17, 15) is 0 Å². The molecule has 0 fully saturated rings. The summed E-state index contributed by atoms with van der Waals surface area (Å²) in [4.78, 5) is 4.50. The van der Waals surface area contributed by atoms with Crippen LogP contribution in [-0.2, 0) is 6.42 Å². The average Bonchev–Trinajstić information content (AvgIpc) is 2.61. The molecular weight excluding hydrogens is 172 g/mol. The quantitative estimate of drug-likeness (QED) is 0.789. The van der Waals surface area contributed by atoms with Crippen LogP contribution in [0.2, 0.25) is 0 Å². The van der Waals surface area contributed by atoms with Gasteiger partial charge in [-0.25, -0.2) is 0 Å². The van der Waals surface area contributed by atoms with Crippen molar-refractivity contribution in [2.24, 2.45) is 0 Å². The maximum absolute atomic E-state index is 4.50. The third-order valence-electron chi connectivity index (χ3n) is 3.13. The fourth-order valence-corrected chi connectivity index (χ4v) is 2.39. The smallest absolute Gasteiger partial charge is 0.0481 e. The van der Waals surface area contributed by atoms with Gasteiger partial charge in [-0.1, -0.05) is 13.0 Å². The second kappa shape index (κ2) is 4.09. The van der Waals surface area contributed by atoms with Crippen molar-refractivity contribution in [3.63, 3.8) is 0 Å². The van der Waals surface area contributed by atoms with Crippen LogP contribution in [0.3, 0.4) is 0 Å². The van der Waals surface area contributed by atoms with E-state index in [1.54, 1.807) is 0 Å². The first-order valence-corrected chi connectivity index (χ1v) is 5.50. The van der Waals surface area contributed by atoms with Crippen LogP contribution >= 0.6 is 0 Å². The van der Waals surface area contributed by atoms with Gasteiger partial charge < -0.3 is 5.32 Å². The van der Waals surface area contributed by atoms with Gasteiger partial charge in [-0.05, 0) is 37.9 Å². The molecule has 2 rings (SSSR count). The number of aromatic nitrogens is 1. The van der Waals surface area contributed by atoms with Crippen molar-refractivity contribution < 1.29 is 0 Å². The van der Waals surface area contributed by atoms with E-state index >= 15 is 0 Å². The van der Waals surface area contributed by atoms with Crippen LogP contribution in [0.1, 0.15) is 37.4 Å². The van der Waals surface area contributed by atoms with Crippen molar-refractivity contribution in [3.8, 4) is 0 Å². The first-order chi connectivity index (χ1) is 6.83. The second-order valence-electron chi connectivity index (χ2n) is 4.04. The van der Waals surface area contributed by atoms with E-state index in [0.717, 1.165) is 6.54 Å². The van der Waals surface area contributed by atoms with Gasteiger partial charge in [-0.2, -0.15) is 0 Å². The van der Waals surface area contributed by atoms with Gasteiger partial charge in [-0.15, -0.1) is 0 Å². The Morgan fingerprint density at radius 3 is 3.29 bits per heavy atom. The zero-order chi connectivity index (χ0) is 9.97.